The second kappa shape index (κ2) is 8.94. The molecular weight excluding hydrogens is 449 g/mol. The third-order valence-electron chi connectivity index (χ3n) is 5.42. The molecule has 2 aromatic carbocycles. The van der Waals surface area contributed by atoms with Gasteiger partial charge in [-0.05, 0) is 55.8 Å². The number of amides is 1. The minimum Gasteiger partial charge on any atom is -0.333 e. The minimum absolute atomic E-state index is 0.0374. The number of carbonyl (C=O) groups excluding carboxylic acids is 1. The van der Waals surface area contributed by atoms with Crippen molar-refractivity contribution in [2.45, 2.75) is 20.4 Å². The first-order valence-corrected chi connectivity index (χ1v) is 10.8. The predicted molar refractivity (Wildman–Crippen MR) is 129 cm³/mol. The maximum Gasteiger partial charge on any atom is 0.263 e. The van der Waals surface area contributed by atoms with E-state index in [0.29, 0.717) is 28.0 Å². The lowest BCUT2D eigenvalue weighted by atomic mass is 10.1. The average Bonchev–Trinajstić information content (AvgIpc) is 3.31. The first kappa shape index (κ1) is 22.1. The highest BCUT2D eigenvalue weighted by Gasteiger charge is 2.19. The molecule has 0 saturated heterocycles. The first-order valence-electron chi connectivity index (χ1n) is 10.8. The van der Waals surface area contributed by atoms with Crippen LogP contribution < -0.4 is 10.7 Å². The summed E-state index contributed by atoms with van der Waals surface area (Å²) in [6.07, 6.45) is 1.48. The lowest BCUT2D eigenvalue weighted by Gasteiger charge is -2.12. The van der Waals surface area contributed by atoms with E-state index in [9.17, 15) is 14.0 Å². The molecule has 0 spiro atoms. The van der Waals surface area contributed by atoms with Crippen molar-refractivity contribution in [2.75, 3.05) is 5.32 Å². The van der Waals surface area contributed by atoms with Crippen LogP contribution in [0.1, 0.15) is 11.3 Å². The van der Waals surface area contributed by atoms with Gasteiger partial charge in [0.2, 0.25) is 17.2 Å². The van der Waals surface area contributed by atoms with Crippen molar-refractivity contribution in [1.82, 2.24) is 19.7 Å². The Balaban J connectivity index is 1.56. The number of pyridine rings is 2. The van der Waals surface area contributed by atoms with E-state index in [1.54, 1.807) is 35.8 Å². The molecule has 8 nitrogen and oxygen atoms in total. The van der Waals surface area contributed by atoms with Gasteiger partial charge in [0.25, 0.3) is 5.89 Å². The standard InChI is InChI=1S/C26H20FN5O3/c1-15-5-3-8-19(11-15)29-22(33)14-32-13-21(23(34)20-10-9-16(2)28-25(20)32)26-30-24(31-35-26)17-6-4-7-18(27)12-17/h3-13H,14H2,1-2H3,(H,29,33). The van der Waals surface area contributed by atoms with Crippen LogP contribution in [0.3, 0.4) is 0 Å². The van der Waals surface area contributed by atoms with Crippen LogP contribution in [0.5, 0.6) is 0 Å². The Morgan fingerprint density at radius 1 is 1.06 bits per heavy atom. The van der Waals surface area contributed by atoms with E-state index in [2.05, 4.69) is 20.4 Å². The summed E-state index contributed by atoms with van der Waals surface area (Å²) in [7, 11) is 0. The van der Waals surface area contributed by atoms with Gasteiger partial charge in [-0.1, -0.05) is 29.4 Å². The third-order valence-corrected chi connectivity index (χ3v) is 5.42. The molecule has 9 heteroatoms. The van der Waals surface area contributed by atoms with E-state index in [1.807, 2.05) is 25.1 Å². The summed E-state index contributed by atoms with van der Waals surface area (Å²) in [5.74, 6) is -0.627. The van der Waals surface area contributed by atoms with Crippen molar-refractivity contribution in [3.8, 4) is 22.8 Å². The average molecular weight is 469 g/mol. The highest BCUT2D eigenvalue weighted by molar-refractivity contribution is 5.92. The number of carbonyl (C=O) groups is 1. The molecule has 0 bridgehead atoms. The number of benzene rings is 2. The van der Waals surface area contributed by atoms with E-state index in [-0.39, 0.29) is 35.2 Å². The fourth-order valence-electron chi connectivity index (χ4n) is 3.79. The molecule has 0 aliphatic carbocycles. The molecule has 3 aromatic heterocycles. The lowest BCUT2D eigenvalue weighted by molar-refractivity contribution is -0.116. The van der Waals surface area contributed by atoms with Crippen LogP contribution in [0.15, 0.2) is 76.2 Å². The first-order chi connectivity index (χ1) is 16.9. The third kappa shape index (κ3) is 4.56. The predicted octanol–water partition coefficient (Wildman–Crippen LogP) is 4.51. The molecule has 0 saturated carbocycles. The Kier molecular flexibility index (Phi) is 5.66. The zero-order valence-corrected chi connectivity index (χ0v) is 18.9. The van der Waals surface area contributed by atoms with Gasteiger partial charge in [0.1, 0.15) is 23.6 Å². The highest BCUT2D eigenvalue weighted by atomic mass is 19.1. The molecule has 0 radical (unpaired) electrons. The topological polar surface area (TPSA) is 103 Å². The zero-order chi connectivity index (χ0) is 24.5. The fourth-order valence-corrected chi connectivity index (χ4v) is 3.79. The monoisotopic (exact) mass is 469 g/mol. The van der Waals surface area contributed by atoms with Gasteiger partial charge < -0.3 is 14.4 Å². The number of nitrogens with one attached hydrogen (secondary N) is 1. The molecule has 0 unspecified atom stereocenters. The van der Waals surface area contributed by atoms with Crippen molar-refractivity contribution in [1.29, 1.82) is 0 Å². The van der Waals surface area contributed by atoms with Crippen LogP contribution in [0.2, 0.25) is 0 Å². The maximum absolute atomic E-state index is 13.6. The second-order valence-electron chi connectivity index (χ2n) is 8.17. The molecule has 0 aliphatic rings. The number of anilines is 1. The van der Waals surface area contributed by atoms with E-state index in [1.165, 1.54) is 24.4 Å². The number of fused-ring (bicyclic) bond motifs is 1. The molecule has 1 amide bonds. The van der Waals surface area contributed by atoms with E-state index < -0.39 is 5.82 Å². The van der Waals surface area contributed by atoms with Gasteiger partial charge in [0, 0.05) is 23.1 Å². The summed E-state index contributed by atoms with van der Waals surface area (Å²) in [5, 5.41) is 7.07. The normalized spacial score (nSPS) is 11.1. The minimum atomic E-state index is -0.442. The lowest BCUT2D eigenvalue weighted by Crippen LogP contribution is -2.22. The Morgan fingerprint density at radius 2 is 1.89 bits per heavy atom. The molecule has 3 heterocycles. The SMILES string of the molecule is Cc1cccc(NC(=O)Cn2cc(-c3nc(-c4cccc(F)c4)no3)c(=O)c3ccc(C)nc32)c1. The van der Waals surface area contributed by atoms with Gasteiger partial charge in [-0.15, -0.1) is 0 Å². The van der Waals surface area contributed by atoms with Crippen molar-refractivity contribution in [2.24, 2.45) is 0 Å². The Hall–Kier alpha value is -4.66. The molecular formula is C26H20FN5O3. The summed E-state index contributed by atoms with van der Waals surface area (Å²) in [6, 6.07) is 16.6. The van der Waals surface area contributed by atoms with Crippen LogP contribution in [0.4, 0.5) is 10.1 Å². The fraction of sp³-hybridized carbons (Fsp3) is 0.115. The molecule has 5 rings (SSSR count). The van der Waals surface area contributed by atoms with Gasteiger partial charge in [-0.3, -0.25) is 9.59 Å². The van der Waals surface area contributed by atoms with E-state index in [0.717, 1.165) is 5.56 Å². The van der Waals surface area contributed by atoms with Gasteiger partial charge in [0.05, 0.1) is 5.39 Å². The van der Waals surface area contributed by atoms with Gasteiger partial charge in [0.15, 0.2) is 0 Å². The zero-order valence-electron chi connectivity index (χ0n) is 18.9. The van der Waals surface area contributed by atoms with Gasteiger partial charge >= 0.3 is 0 Å². The molecule has 35 heavy (non-hydrogen) atoms. The van der Waals surface area contributed by atoms with Crippen molar-refractivity contribution in [3.63, 3.8) is 0 Å². The highest BCUT2D eigenvalue weighted by Crippen LogP contribution is 2.23. The molecule has 1 N–H and O–H groups in total. The van der Waals surface area contributed by atoms with Crippen molar-refractivity contribution < 1.29 is 13.7 Å². The van der Waals surface area contributed by atoms with Crippen LogP contribution >= 0.6 is 0 Å². The smallest absolute Gasteiger partial charge is 0.263 e. The number of hydrogen-bond acceptors (Lipinski definition) is 6. The summed E-state index contributed by atoms with van der Waals surface area (Å²) in [4.78, 5) is 34.9. The summed E-state index contributed by atoms with van der Waals surface area (Å²) < 4.78 is 20.6. The number of aryl methyl sites for hydroxylation is 2. The summed E-state index contributed by atoms with van der Waals surface area (Å²) in [6.45, 7) is 3.64. The maximum atomic E-state index is 13.6. The number of aromatic nitrogens is 4. The number of hydrogen-bond donors (Lipinski definition) is 1. The second-order valence-corrected chi connectivity index (χ2v) is 8.17. The van der Waals surface area contributed by atoms with Gasteiger partial charge in [-0.2, -0.15) is 4.98 Å². The molecule has 0 fully saturated rings. The molecule has 0 aliphatic heterocycles. The largest absolute Gasteiger partial charge is 0.333 e. The Bertz CT molecular complexity index is 1640. The van der Waals surface area contributed by atoms with E-state index in [4.69, 9.17) is 4.52 Å². The molecule has 174 valence electrons. The number of rotatable bonds is 5. The summed E-state index contributed by atoms with van der Waals surface area (Å²) in [5.41, 5.74) is 2.91. The Morgan fingerprint density at radius 3 is 2.69 bits per heavy atom. The van der Waals surface area contributed by atoms with Crippen LogP contribution in [-0.2, 0) is 11.3 Å². The molecule has 0 atom stereocenters. The Labute approximate surface area is 199 Å². The van der Waals surface area contributed by atoms with Crippen molar-refractivity contribution in [3.05, 3.63) is 94.2 Å². The summed E-state index contributed by atoms with van der Waals surface area (Å²) >= 11 is 0. The number of nitrogens with zero attached hydrogens (tertiary/aromatic N) is 4. The van der Waals surface area contributed by atoms with Crippen LogP contribution in [0, 0.1) is 19.7 Å². The number of halogens is 1. The van der Waals surface area contributed by atoms with E-state index >= 15 is 0 Å². The molecule has 5 aromatic rings. The quantitative estimate of drug-likeness (QED) is 0.406. The van der Waals surface area contributed by atoms with Crippen LogP contribution in [-0.4, -0.2) is 25.6 Å². The van der Waals surface area contributed by atoms with Gasteiger partial charge in [-0.25, -0.2) is 9.37 Å². The van der Waals surface area contributed by atoms with Crippen LogP contribution in [0.25, 0.3) is 33.9 Å². The van der Waals surface area contributed by atoms with Crippen molar-refractivity contribution >= 4 is 22.6 Å².